The molecule has 0 bridgehead atoms. The van der Waals surface area contributed by atoms with Crippen LogP contribution in [0.4, 0.5) is 18.9 Å². The Morgan fingerprint density at radius 2 is 2.06 bits per heavy atom. The highest BCUT2D eigenvalue weighted by Crippen LogP contribution is 2.33. The maximum atomic E-state index is 12.9. The van der Waals surface area contributed by atoms with Gasteiger partial charge < -0.3 is 19.7 Å². The van der Waals surface area contributed by atoms with Crippen molar-refractivity contribution in [2.45, 2.75) is 25.1 Å². The van der Waals surface area contributed by atoms with E-state index in [1.165, 1.54) is 6.08 Å². The van der Waals surface area contributed by atoms with E-state index < -0.39 is 23.8 Å². The first-order valence-corrected chi connectivity index (χ1v) is 10.6. The quantitative estimate of drug-likeness (QED) is 0.742. The lowest BCUT2D eigenvalue weighted by atomic mass is 9.93. The molecule has 1 aliphatic carbocycles. The summed E-state index contributed by atoms with van der Waals surface area (Å²) in [5, 5.41) is 11.9. The van der Waals surface area contributed by atoms with E-state index in [1.54, 1.807) is 23.1 Å². The number of carbonyl (C=O) groups is 2. The number of alkyl halides is 3. The van der Waals surface area contributed by atoms with E-state index in [0.717, 1.165) is 12.2 Å². The van der Waals surface area contributed by atoms with Gasteiger partial charge in [-0.1, -0.05) is 18.2 Å². The number of hydrogen-bond acceptors (Lipinski definition) is 5. The van der Waals surface area contributed by atoms with Crippen molar-refractivity contribution in [1.29, 1.82) is 5.26 Å². The molecule has 1 fully saturated rings. The minimum Gasteiger partial charge on any atom is -0.482 e. The number of halogens is 3. The van der Waals surface area contributed by atoms with E-state index in [4.69, 9.17) is 9.47 Å². The summed E-state index contributed by atoms with van der Waals surface area (Å²) in [6, 6.07) is 6.79. The number of hydrogen-bond donors (Lipinski definition) is 1. The van der Waals surface area contributed by atoms with Crippen molar-refractivity contribution in [3.63, 3.8) is 0 Å². The van der Waals surface area contributed by atoms with Crippen LogP contribution in [0.15, 0.2) is 42.0 Å². The smallest absolute Gasteiger partial charge is 0.416 e. The Kier molecular flexibility index (Phi) is 6.42. The van der Waals surface area contributed by atoms with Gasteiger partial charge in [0.1, 0.15) is 5.75 Å². The predicted octanol–water partition coefficient (Wildman–Crippen LogP) is 3.45. The fourth-order valence-electron chi connectivity index (χ4n) is 4.07. The molecule has 1 N–H and O–H groups in total. The third kappa shape index (κ3) is 5.20. The lowest BCUT2D eigenvalue weighted by Crippen LogP contribution is -2.40. The topological polar surface area (TPSA) is 91.7 Å². The van der Waals surface area contributed by atoms with Gasteiger partial charge in [-0.2, -0.15) is 18.4 Å². The Balaban J connectivity index is 1.28. The molecule has 0 aromatic heterocycles. The van der Waals surface area contributed by atoms with Crippen LogP contribution in [0.3, 0.4) is 0 Å². The minimum absolute atomic E-state index is 0.0541. The summed E-state index contributed by atoms with van der Waals surface area (Å²) in [6.07, 6.45) is -0.736. The zero-order valence-corrected chi connectivity index (χ0v) is 17.6. The molecule has 10 heteroatoms. The number of piperidine rings is 1. The SMILES string of the molecule is N#CC1C=C(C(F)(F)F)C=CC1OCC1CCN(C(=O)c2ccc3c(c2)NC(=O)CO3)CC1. The number of rotatable bonds is 4. The van der Waals surface area contributed by atoms with Gasteiger partial charge in [0.05, 0.1) is 36.0 Å². The highest BCUT2D eigenvalue weighted by Gasteiger charge is 2.36. The predicted molar refractivity (Wildman–Crippen MR) is 111 cm³/mol. The fraction of sp³-hybridized carbons (Fsp3) is 0.435. The molecule has 33 heavy (non-hydrogen) atoms. The van der Waals surface area contributed by atoms with Gasteiger partial charge in [0, 0.05) is 18.7 Å². The van der Waals surface area contributed by atoms with Gasteiger partial charge in [-0.25, -0.2) is 0 Å². The van der Waals surface area contributed by atoms with E-state index in [2.05, 4.69) is 5.32 Å². The monoisotopic (exact) mass is 461 g/mol. The van der Waals surface area contributed by atoms with Crippen molar-refractivity contribution >= 4 is 17.5 Å². The molecule has 1 saturated heterocycles. The van der Waals surface area contributed by atoms with Crippen molar-refractivity contribution in [2.75, 3.05) is 31.6 Å². The minimum atomic E-state index is -4.49. The molecular weight excluding hydrogens is 439 g/mol. The Morgan fingerprint density at radius 1 is 1.30 bits per heavy atom. The van der Waals surface area contributed by atoms with E-state index in [9.17, 15) is 28.0 Å². The van der Waals surface area contributed by atoms with Gasteiger partial charge in [0.25, 0.3) is 11.8 Å². The van der Waals surface area contributed by atoms with Crippen LogP contribution in [0.1, 0.15) is 23.2 Å². The zero-order valence-electron chi connectivity index (χ0n) is 17.6. The Labute approximate surface area is 188 Å². The Bertz CT molecular complexity index is 1040. The molecule has 2 unspecified atom stereocenters. The van der Waals surface area contributed by atoms with Gasteiger partial charge in [0.15, 0.2) is 6.61 Å². The average molecular weight is 461 g/mol. The number of amides is 2. The van der Waals surface area contributed by atoms with E-state index in [0.29, 0.717) is 49.5 Å². The molecule has 0 saturated carbocycles. The second-order valence-electron chi connectivity index (χ2n) is 8.22. The maximum Gasteiger partial charge on any atom is 0.416 e. The molecule has 1 aromatic rings. The van der Waals surface area contributed by atoms with Crippen LogP contribution in [0.25, 0.3) is 0 Å². The normalized spacial score (nSPS) is 23.2. The third-order valence-electron chi connectivity index (χ3n) is 5.94. The molecule has 2 atom stereocenters. The highest BCUT2D eigenvalue weighted by molar-refractivity contribution is 5.99. The molecule has 2 amide bonds. The number of nitrogens with zero attached hydrogens (tertiary/aromatic N) is 2. The van der Waals surface area contributed by atoms with Crippen LogP contribution in [0.2, 0.25) is 0 Å². The number of fused-ring (bicyclic) bond motifs is 1. The molecule has 7 nitrogen and oxygen atoms in total. The van der Waals surface area contributed by atoms with Crippen molar-refractivity contribution in [1.82, 2.24) is 4.90 Å². The van der Waals surface area contributed by atoms with Crippen LogP contribution < -0.4 is 10.1 Å². The number of nitriles is 1. The van der Waals surface area contributed by atoms with Crippen LogP contribution in [-0.4, -0.2) is 55.3 Å². The van der Waals surface area contributed by atoms with E-state index in [1.807, 2.05) is 6.07 Å². The van der Waals surface area contributed by atoms with E-state index in [-0.39, 0.29) is 24.3 Å². The van der Waals surface area contributed by atoms with Gasteiger partial charge in [0.2, 0.25) is 0 Å². The number of likely N-dealkylation sites (tertiary alicyclic amines) is 1. The number of carbonyl (C=O) groups excluding carboxylic acids is 2. The summed E-state index contributed by atoms with van der Waals surface area (Å²) in [4.78, 5) is 26.1. The Morgan fingerprint density at radius 3 is 2.76 bits per heavy atom. The highest BCUT2D eigenvalue weighted by atomic mass is 19.4. The van der Waals surface area contributed by atoms with Gasteiger partial charge >= 0.3 is 6.18 Å². The maximum absolute atomic E-state index is 12.9. The zero-order chi connectivity index (χ0) is 23.6. The first-order chi connectivity index (χ1) is 15.7. The number of nitrogens with one attached hydrogen (secondary N) is 1. The summed E-state index contributed by atoms with van der Waals surface area (Å²) in [5.74, 6) is -0.773. The van der Waals surface area contributed by atoms with Crippen molar-refractivity contribution in [3.8, 4) is 11.8 Å². The largest absolute Gasteiger partial charge is 0.482 e. The summed E-state index contributed by atoms with van der Waals surface area (Å²) in [5.41, 5.74) is 0.0791. The Hall–Kier alpha value is -3.32. The molecule has 2 heterocycles. The number of allylic oxidation sites excluding steroid dienone is 2. The van der Waals surface area contributed by atoms with Crippen molar-refractivity contribution in [2.24, 2.45) is 11.8 Å². The average Bonchev–Trinajstić information content (AvgIpc) is 2.81. The van der Waals surface area contributed by atoms with E-state index >= 15 is 0 Å². The summed E-state index contributed by atoms with van der Waals surface area (Å²) in [7, 11) is 0. The summed E-state index contributed by atoms with van der Waals surface area (Å²) in [6.45, 7) is 1.26. The molecule has 1 aromatic carbocycles. The van der Waals surface area contributed by atoms with Crippen LogP contribution in [0, 0.1) is 23.2 Å². The number of anilines is 1. The number of ether oxygens (including phenoxy) is 2. The first-order valence-electron chi connectivity index (χ1n) is 10.6. The molecule has 0 radical (unpaired) electrons. The lowest BCUT2D eigenvalue weighted by Gasteiger charge is -2.33. The van der Waals surface area contributed by atoms with Crippen molar-refractivity contribution < 1.29 is 32.2 Å². The molecule has 2 aliphatic heterocycles. The van der Waals surface area contributed by atoms with Gasteiger partial charge in [-0.3, -0.25) is 9.59 Å². The summed E-state index contributed by atoms with van der Waals surface area (Å²) >= 11 is 0. The molecular formula is C23H22F3N3O4. The van der Waals surface area contributed by atoms with Crippen LogP contribution in [-0.2, 0) is 9.53 Å². The molecule has 3 aliphatic rings. The number of benzene rings is 1. The first kappa shape index (κ1) is 22.9. The van der Waals surface area contributed by atoms with Crippen molar-refractivity contribution in [3.05, 3.63) is 47.6 Å². The van der Waals surface area contributed by atoms with Crippen LogP contribution in [0.5, 0.6) is 5.75 Å². The summed E-state index contributed by atoms with van der Waals surface area (Å²) < 4.78 is 49.6. The second kappa shape index (κ2) is 9.27. The van der Waals surface area contributed by atoms with Gasteiger partial charge in [-0.05, 0) is 37.0 Å². The second-order valence-corrected chi connectivity index (χ2v) is 8.22. The van der Waals surface area contributed by atoms with Gasteiger partial charge in [-0.15, -0.1) is 0 Å². The van der Waals surface area contributed by atoms with Crippen LogP contribution >= 0.6 is 0 Å². The molecule has 4 rings (SSSR count). The molecule has 0 spiro atoms. The third-order valence-corrected chi connectivity index (χ3v) is 5.94. The lowest BCUT2D eigenvalue weighted by molar-refractivity contribution is -0.118. The molecule has 174 valence electrons. The fourth-order valence-corrected chi connectivity index (χ4v) is 4.07. The standard InChI is InChI=1S/C23H22F3N3O4/c24-23(25,26)17-2-4-19(16(9-17)11-27)32-12-14-5-7-29(8-6-14)22(31)15-1-3-20-18(10-15)28-21(30)13-33-20/h1-4,9-10,14,16,19H,5-8,12-13H2,(H,28,30).